The summed E-state index contributed by atoms with van der Waals surface area (Å²) >= 11 is 0. The number of nitrogens with two attached hydrogens (primary N) is 1. The first-order valence-electron chi connectivity index (χ1n) is 6.56. The van der Waals surface area contributed by atoms with E-state index in [0.29, 0.717) is 5.82 Å². The van der Waals surface area contributed by atoms with Crippen LogP contribution < -0.4 is 16.0 Å². The molecule has 1 aliphatic rings. The van der Waals surface area contributed by atoms with E-state index in [2.05, 4.69) is 15.2 Å². The van der Waals surface area contributed by atoms with Gasteiger partial charge in [0.2, 0.25) is 11.8 Å². The van der Waals surface area contributed by atoms with Crippen molar-refractivity contribution in [2.45, 2.75) is 6.92 Å². The standard InChI is InChI=1S/C13H19N5O2/c1-10(19)17-4-6-18(7-5-17)11-2-3-12(15-9-11)16-13(20)8-14/h2-3,9H,4-8,14H2,1H3,(H,15,16,20). The molecule has 1 saturated heterocycles. The monoisotopic (exact) mass is 277 g/mol. The average molecular weight is 277 g/mol. The highest BCUT2D eigenvalue weighted by Gasteiger charge is 2.18. The van der Waals surface area contributed by atoms with Crippen molar-refractivity contribution in [2.75, 3.05) is 42.9 Å². The van der Waals surface area contributed by atoms with Gasteiger partial charge in [-0.2, -0.15) is 0 Å². The van der Waals surface area contributed by atoms with Gasteiger partial charge in [-0.25, -0.2) is 4.98 Å². The fourth-order valence-electron chi connectivity index (χ4n) is 2.12. The number of carbonyl (C=O) groups excluding carboxylic acids is 2. The van der Waals surface area contributed by atoms with Crippen LogP contribution in [-0.2, 0) is 9.59 Å². The minimum Gasteiger partial charge on any atom is -0.367 e. The molecule has 0 unspecified atom stereocenters. The summed E-state index contributed by atoms with van der Waals surface area (Å²) in [5.74, 6) is 0.342. The minimum atomic E-state index is -0.264. The first-order valence-corrected chi connectivity index (χ1v) is 6.56. The number of aromatic nitrogens is 1. The zero-order valence-corrected chi connectivity index (χ0v) is 11.5. The van der Waals surface area contributed by atoms with Crippen LogP contribution in [0, 0.1) is 0 Å². The van der Waals surface area contributed by atoms with E-state index in [1.165, 1.54) is 0 Å². The van der Waals surface area contributed by atoms with Crippen LogP contribution in [0.25, 0.3) is 0 Å². The Morgan fingerprint density at radius 3 is 2.50 bits per heavy atom. The van der Waals surface area contributed by atoms with Crippen LogP contribution in [0.5, 0.6) is 0 Å². The topological polar surface area (TPSA) is 91.6 Å². The quantitative estimate of drug-likeness (QED) is 0.788. The van der Waals surface area contributed by atoms with Crippen LogP contribution in [-0.4, -0.2) is 54.4 Å². The van der Waals surface area contributed by atoms with Gasteiger partial charge in [-0.1, -0.05) is 0 Å². The molecule has 7 heteroatoms. The van der Waals surface area contributed by atoms with Crippen molar-refractivity contribution in [3.8, 4) is 0 Å². The van der Waals surface area contributed by atoms with Crippen LogP contribution in [0.2, 0.25) is 0 Å². The maximum absolute atomic E-state index is 11.3. The minimum absolute atomic E-state index is 0.0591. The van der Waals surface area contributed by atoms with E-state index in [-0.39, 0.29) is 18.4 Å². The lowest BCUT2D eigenvalue weighted by Crippen LogP contribution is -2.48. The second kappa shape index (κ2) is 6.33. The highest BCUT2D eigenvalue weighted by atomic mass is 16.2. The molecule has 1 aromatic heterocycles. The highest BCUT2D eigenvalue weighted by molar-refractivity contribution is 5.91. The van der Waals surface area contributed by atoms with Crippen LogP contribution in [0.4, 0.5) is 11.5 Å². The molecule has 0 spiro atoms. The summed E-state index contributed by atoms with van der Waals surface area (Å²) in [6, 6.07) is 3.66. The third-order valence-corrected chi connectivity index (χ3v) is 3.29. The van der Waals surface area contributed by atoms with Crippen LogP contribution in [0.3, 0.4) is 0 Å². The van der Waals surface area contributed by atoms with Gasteiger partial charge in [-0.3, -0.25) is 9.59 Å². The molecule has 0 saturated carbocycles. The lowest BCUT2D eigenvalue weighted by Gasteiger charge is -2.35. The largest absolute Gasteiger partial charge is 0.367 e. The molecule has 0 aromatic carbocycles. The van der Waals surface area contributed by atoms with Crippen molar-refractivity contribution >= 4 is 23.3 Å². The second-order valence-corrected chi connectivity index (χ2v) is 4.65. The van der Waals surface area contributed by atoms with Gasteiger partial charge in [0.25, 0.3) is 0 Å². The average Bonchev–Trinajstić information content (AvgIpc) is 2.48. The predicted octanol–water partition coefficient (Wildman–Crippen LogP) is -0.353. The van der Waals surface area contributed by atoms with Gasteiger partial charge >= 0.3 is 0 Å². The SMILES string of the molecule is CC(=O)N1CCN(c2ccc(NC(=O)CN)nc2)CC1. The number of nitrogens with zero attached hydrogens (tertiary/aromatic N) is 3. The van der Waals surface area contributed by atoms with E-state index < -0.39 is 0 Å². The van der Waals surface area contributed by atoms with E-state index in [0.717, 1.165) is 31.9 Å². The summed E-state index contributed by atoms with van der Waals surface area (Å²) in [4.78, 5) is 30.6. The molecule has 0 aliphatic carbocycles. The van der Waals surface area contributed by atoms with Gasteiger partial charge in [0.1, 0.15) is 5.82 Å². The highest BCUT2D eigenvalue weighted by Crippen LogP contribution is 2.17. The summed E-state index contributed by atoms with van der Waals surface area (Å²) in [5.41, 5.74) is 6.21. The molecule has 1 aliphatic heterocycles. The maximum atomic E-state index is 11.3. The first kappa shape index (κ1) is 14.3. The second-order valence-electron chi connectivity index (χ2n) is 4.65. The normalized spacial score (nSPS) is 15.1. The molecule has 0 bridgehead atoms. The summed E-state index contributed by atoms with van der Waals surface area (Å²) in [5, 5.41) is 2.60. The molecule has 2 heterocycles. The number of carbonyl (C=O) groups is 2. The zero-order chi connectivity index (χ0) is 14.5. The number of hydrogen-bond acceptors (Lipinski definition) is 5. The molecular weight excluding hydrogens is 258 g/mol. The van der Waals surface area contributed by atoms with Gasteiger partial charge in [0.05, 0.1) is 18.4 Å². The summed E-state index contributed by atoms with van der Waals surface area (Å²) in [7, 11) is 0. The number of nitrogens with one attached hydrogen (secondary N) is 1. The number of anilines is 2. The van der Waals surface area contributed by atoms with Crippen molar-refractivity contribution in [3.63, 3.8) is 0 Å². The maximum Gasteiger partial charge on any atom is 0.239 e. The molecule has 0 radical (unpaired) electrons. The first-order chi connectivity index (χ1) is 9.60. The van der Waals surface area contributed by atoms with Crippen molar-refractivity contribution in [2.24, 2.45) is 5.73 Å². The number of piperazine rings is 1. The Hall–Kier alpha value is -2.15. The molecule has 2 amide bonds. The summed E-state index contributed by atoms with van der Waals surface area (Å²) < 4.78 is 0. The van der Waals surface area contributed by atoms with Crippen molar-refractivity contribution in [1.82, 2.24) is 9.88 Å². The van der Waals surface area contributed by atoms with Gasteiger partial charge in [-0.05, 0) is 12.1 Å². The third kappa shape index (κ3) is 3.45. The molecule has 108 valence electrons. The van der Waals surface area contributed by atoms with E-state index in [1.807, 2.05) is 11.0 Å². The smallest absolute Gasteiger partial charge is 0.239 e. The van der Waals surface area contributed by atoms with E-state index >= 15 is 0 Å². The Morgan fingerprint density at radius 2 is 2.00 bits per heavy atom. The Bertz CT molecular complexity index is 480. The zero-order valence-electron chi connectivity index (χ0n) is 11.5. The van der Waals surface area contributed by atoms with E-state index in [1.54, 1.807) is 19.2 Å². The van der Waals surface area contributed by atoms with Crippen LogP contribution in [0.15, 0.2) is 18.3 Å². The van der Waals surface area contributed by atoms with Gasteiger partial charge in [0, 0.05) is 33.1 Å². The number of rotatable bonds is 3. The number of pyridine rings is 1. The molecule has 7 nitrogen and oxygen atoms in total. The van der Waals surface area contributed by atoms with Crippen molar-refractivity contribution in [3.05, 3.63) is 18.3 Å². The number of amides is 2. The molecular formula is C13H19N5O2. The lowest BCUT2D eigenvalue weighted by molar-refractivity contribution is -0.129. The molecule has 1 fully saturated rings. The van der Waals surface area contributed by atoms with Crippen LogP contribution in [0.1, 0.15) is 6.92 Å². The molecule has 0 atom stereocenters. The molecule has 3 N–H and O–H groups in total. The van der Waals surface area contributed by atoms with Gasteiger partial charge in [-0.15, -0.1) is 0 Å². The van der Waals surface area contributed by atoms with Gasteiger partial charge < -0.3 is 20.9 Å². The Balaban J connectivity index is 1.94. The predicted molar refractivity (Wildman–Crippen MR) is 76.4 cm³/mol. The van der Waals surface area contributed by atoms with E-state index in [4.69, 9.17) is 5.73 Å². The fraction of sp³-hybridized carbons (Fsp3) is 0.462. The third-order valence-electron chi connectivity index (χ3n) is 3.29. The Labute approximate surface area is 117 Å². The Kier molecular flexibility index (Phi) is 4.52. The molecule has 20 heavy (non-hydrogen) atoms. The lowest BCUT2D eigenvalue weighted by atomic mass is 10.2. The summed E-state index contributed by atoms with van der Waals surface area (Å²) in [6.45, 7) is 4.55. The van der Waals surface area contributed by atoms with Gasteiger partial charge in [0.15, 0.2) is 0 Å². The fourth-order valence-corrected chi connectivity index (χ4v) is 2.12. The van der Waals surface area contributed by atoms with Crippen molar-refractivity contribution in [1.29, 1.82) is 0 Å². The number of hydrogen-bond donors (Lipinski definition) is 2. The van der Waals surface area contributed by atoms with E-state index in [9.17, 15) is 9.59 Å². The molecule has 2 rings (SSSR count). The Morgan fingerprint density at radius 1 is 1.30 bits per heavy atom. The van der Waals surface area contributed by atoms with Crippen molar-refractivity contribution < 1.29 is 9.59 Å². The molecule has 1 aromatic rings. The summed E-state index contributed by atoms with van der Waals surface area (Å²) in [6.07, 6.45) is 1.72. The van der Waals surface area contributed by atoms with Crippen LogP contribution >= 0.6 is 0 Å².